The molecule has 0 saturated heterocycles. The summed E-state index contributed by atoms with van der Waals surface area (Å²) in [5.74, 6) is 0.788. The molecule has 0 spiro atoms. The van der Waals surface area contributed by atoms with Crippen LogP contribution in [0.3, 0.4) is 0 Å². The van der Waals surface area contributed by atoms with Gasteiger partial charge in [0.2, 0.25) is 0 Å². The first kappa shape index (κ1) is 12.8. The number of carbonyl (C=O) groups is 1. The van der Waals surface area contributed by atoms with E-state index in [9.17, 15) is 4.79 Å². The summed E-state index contributed by atoms with van der Waals surface area (Å²) in [7, 11) is 3.50. The number of aromatic nitrogens is 2. The van der Waals surface area contributed by atoms with E-state index in [0.29, 0.717) is 11.3 Å². The lowest BCUT2D eigenvalue weighted by atomic mass is 10.0. The second-order valence-electron chi connectivity index (χ2n) is 5.30. The zero-order valence-electron chi connectivity index (χ0n) is 12.3. The lowest BCUT2D eigenvalue weighted by molar-refractivity contribution is 0.104. The molecule has 4 heteroatoms. The first-order valence-corrected chi connectivity index (χ1v) is 7.06. The predicted molar refractivity (Wildman–Crippen MR) is 84.1 cm³/mol. The maximum Gasteiger partial charge on any atom is 0.198 e. The molecule has 0 unspecified atom stereocenters. The summed E-state index contributed by atoms with van der Waals surface area (Å²) in [5, 5.41) is 4.57. The normalized spacial score (nSPS) is 12.2. The Labute approximate surface area is 128 Å². The summed E-state index contributed by atoms with van der Waals surface area (Å²) in [4.78, 5) is 12.8. The van der Waals surface area contributed by atoms with Crippen molar-refractivity contribution in [2.75, 3.05) is 7.11 Å². The van der Waals surface area contributed by atoms with Crippen molar-refractivity contribution in [1.29, 1.82) is 0 Å². The van der Waals surface area contributed by atoms with Crippen LogP contribution in [0.2, 0.25) is 0 Å². The molecule has 0 radical (unpaired) electrons. The second kappa shape index (κ2) is 4.56. The van der Waals surface area contributed by atoms with Crippen molar-refractivity contribution >= 4 is 5.78 Å². The Morgan fingerprint density at radius 1 is 1.05 bits per heavy atom. The highest BCUT2D eigenvalue weighted by Crippen LogP contribution is 2.41. The van der Waals surface area contributed by atoms with Gasteiger partial charge in [-0.15, -0.1) is 0 Å². The number of rotatable bonds is 2. The molecule has 3 aromatic rings. The number of carbonyl (C=O) groups excluding carboxylic acids is 1. The zero-order valence-corrected chi connectivity index (χ0v) is 12.3. The standard InChI is InChI=1S/C18H14N2O2/c1-20-17-13-8-3-4-9-14(13)18(21)15(17)16(19-20)11-6-5-7-12(10-11)22-2/h3-10H,1-2H3. The van der Waals surface area contributed by atoms with Gasteiger partial charge in [-0.25, -0.2) is 0 Å². The number of ether oxygens (including phenoxy) is 1. The van der Waals surface area contributed by atoms with Gasteiger partial charge in [0.15, 0.2) is 5.78 Å². The molecule has 1 heterocycles. The first-order valence-electron chi connectivity index (χ1n) is 7.06. The van der Waals surface area contributed by atoms with Gasteiger partial charge in [0, 0.05) is 23.7 Å². The molecular formula is C18H14N2O2. The van der Waals surface area contributed by atoms with Crippen molar-refractivity contribution in [3.8, 4) is 28.3 Å². The molecular weight excluding hydrogens is 276 g/mol. The molecule has 0 fully saturated rings. The molecule has 0 N–H and O–H groups in total. The van der Waals surface area contributed by atoms with Crippen LogP contribution in [0, 0.1) is 0 Å². The number of ketones is 1. The van der Waals surface area contributed by atoms with Crippen LogP contribution in [-0.4, -0.2) is 22.7 Å². The van der Waals surface area contributed by atoms with Crippen molar-refractivity contribution in [1.82, 2.24) is 9.78 Å². The largest absolute Gasteiger partial charge is 0.497 e. The van der Waals surface area contributed by atoms with Crippen molar-refractivity contribution in [3.05, 3.63) is 59.7 Å². The molecule has 2 aromatic carbocycles. The number of benzene rings is 2. The summed E-state index contributed by atoms with van der Waals surface area (Å²) in [5.41, 5.74) is 4.85. The zero-order chi connectivity index (χ0) is 15.3. The van der Waals surface area contributed by atoms with E-state index in [0.717, 1.165) is 28.1 Å². The van der Waals surface area contributed by atoms with Gasteiger partial charge in [-0.05, 0) is 12.1 Å². The quantitative estimate of drug-likeness (QED) is 0.569. The minimum atomic E-state index is 0.0384. The summed E-state index contributed by atoms with van der Waals surface area (Å²) in [6, 6.07) is 15.3. The SMILES string of the molecule is COc1cccc(-c2nn(C)c3c2C(=O)c2ccccc2-3)c1. The van der Waals surface area contributed by atoms with Crippen LogP contribution in [-0.2, 0) is 7.05 Å². The maximum absolute atomic E-state index is 12.8. The molecule has 1 aliphatic carbocycles. The Morgan fingerprint density at radius 2 is 1.82 bits per heavy atom. The Bertz CT molecular complexity index is 909. The van der Waals surface area contributed by atoms with Crippen molar-refractivity contribution in [2.24, 2.45) is 7.05 Å². The van der Waals surface area contributed by atoms with Crippen LogP contribution in [0.1, 0.15) is 15.9 Å². The smallest absolute Gasteiger partial charge is 0.198 e. The number of hydrogen-bond acceptors (Lipinski definition) is 3. The fourth-order valence-electron chi connectivity index (χ4n) is 3.04. The van der Waals surface area contributed by atoms with Crippen molar-refractivity contribution in [3.63, 3.8) is 0 Å². The molecule has 1 aromatic heterocycles. The third-order valence-corrected chi connectivity index (χ3v) is 4.04. The second-order valence-corrected chi connectivity index (χ2v) is 5.30. The predicted octanol–water partition coefficient (Wildman–Crippen LogP) is 3.31. The van der Waals surface area contributed by atoms with Gasteiger partial charge in [-0.1, -0.05) is 36.4 Å². The van der Waals surface area contributed by atoms with Crippen LogP contribution < -0.4 is 4.74 Å². The van der Waals surface area contributed by atoms with Crippen LogP contribution in [0.5, 0.6) is 5.75 Å². The fourth-order valence-corrected chi connectivity index (χ4v) is 3.04. The van der Waals surface area contributed by atoms with Gasteiger partial charge in [-0.2, -0.15) is 5.10 Å². The third-order valence-electron chi connectivity index (χ3n) is 4.04. The molecule has 108 valence electrons. The summed E-state index contributed by atoms with van der Waals surface area (Å²) in [6.45, 7) is 0. The van der Waals surface area contributed by atoms with Crippen LogP contribution in [0.15, 0.2) is 48.5 Å². The summed E-state index contributed by atoms with van der Waals surface area (Å²) in [6.07, 6.45) is 0. The number of fused-ring (bicyclic) bond motifs is 3. The van der Waals surface area contributed by atoms with Gasteiger partial charge in [0.05, 0.1) is 18.4 Å². The number of aryl methyl sites for hydroxylation is 1. The minimum absolute atomic E-state index is 0.0384. The number of nitrogens with zero attached hydrogens (tertiary/aromatic N) is 2. The van der Waals surface area contributed by atoms with Gasteiger partial charge >= 0.3 is 0 Å². The lowest BCUT2D eigenvalue weighted by Crippen LogP contribution is -1.98. The van der Waals surface area contributed by atoms with E-state index < -0.39 is 0 Å². The van der Waals surface area contributed by atoms with Crippen molar-refractivity contribution in [2.45, 2.75) is 0 Å². The van der Waals surface area contributed by atoms with E-state index in [2.05, 4.69) is 5.10 Å². The van der Waals surface area contributed by atoms with Gasteiger partial charge in [0.25, 0.3) is 0 Å². The molecule has 1 aliphatic rings. The highest BCUT2D eigenvalue weighted by molar-refractivity contribution is 6.23. The number of hydrogen-bond donors (Lipinski definition) is 0. The van der Waals surface area contributed by atoms with Crippen LogP contribution in [0.4, 0.5) is 0 Å². The Kier molecular flexibility index (Phi) is 2.66. The van der Waals surface area contributed by atoms with E-state index in [4.69, 9.17) is 4.74 Å². The Morgan fingerprint density at radius 3 is 2.59 bits per heavy atom. The molecule has 0 atom stereocenters. The average Bonchev–Trinajstić information content (AvgIpc) is 3.05. The fraction of sp³-hybridized carbons (Fsp3) is 0.111. The topological polar surface area (TPSA) is 44.1 Å². The lowest BCUT2D eigenvalue weighted by Gasteiger charge is -2.03. The average molecular weight is 290 g/mol. The summed E-state index contributed by atoms with van der Waals surface area (Å²) < 4.78 is 7.06. The van der Waals surface area contributed by atoms with Crippen molar-refractivity contribution < 1.29 is 9.53 Å². The van der Waals surface area contributed by atoms with E-state index in [1.807, 2.05) is 55.6 Å². The highest BCUT2D eigenvalue weighted by Gasteiger charge is 2.33. The third kappa shape index (κ3) is 1.64. The molecule has 22 heavy (non-hydrogen) atoms. The molecule has 0 saturated carbocycles. The molecule has 4 nitrogen and oxygen atoms in total. The molecule has 0 amide bonds. The van der Waals surface area contributed by atoms with Gasteiger partial charge in [0.1, 0.15) is 11.4 Å². The van der Waals surface area contributed by atoms with E-state index in [-0.39, 0.29) is 5.78 Å². The molecule has 0 bridgehead atoms. The Hall–Kier alpha value is -2.88. The molecule has 0 aliphatic heterocycles. The summed E-state index contributed by atoms with van der Waals surface area (Å²) >= 11 is 0. The van der Waals surface area contributed by atoms with Crippen LogP contribution >= 0.6 is 0 Å². The number of methoxy groups -OCH3 is 1. The van der Waals surface area contributed by atoms with E-state index in [1.54, 1.807) is 11.8 Å². The highest BCUT2D eigenvalue weighted by atomic mass is 16.5. The first-order chi connectivity index (χ1) is 10.7. The van der Waals surface area contributed by atoms with Gasteiger partial charge < -0.3 is 4.74 Å². The monoisotopic (exact) mass is 290 g/mol. The maximum atomic E-state index is 12.8. The van der Waals surface area contributed by atoms with Gasteiger partial charge in [-0.3, -0.25) is 9.48 Å². The van der Waals surface area contributed by atoms with E-state index in [1.165, 1.54) is 0 Å². The Balaban J connectivity index is 1.97. The van der Waals surface area contributed by atoms with E-state index >= 15 is 0 Å². The van der Waals surface area contributed by atoms with Crippen LogP contribution in [0.25, 0.3) is 22.5 Å². The molecule has 4 rings (SSSR count). The minimum Gasteiger partial charge on any atom is -0.497 e.